The van der Waals surface area contributed by atoms with Crippen molar-refractivity contribution in [2.75, 3.05) is 0 Å². The van der Waals surface area contributed by atoms with Gasteiger partial charge in [0.15, 0.2) is 5.69 Å². The third-order valence-corrected chi connectivity index (χ3v) is 2.94. The van der Waals surface area contributed by atoms with Crippen molar-refractivity contribution in [2.24, 2.45) is 5.10 Å². The molecule has 0 saturated heterocycles. The first-order valence-electron chi connectivity index (χ1n) is 6.07. The zero-order chi connectivity index (χ0) is 13.9. The van der Waals surface area contributed by atoms with Gasteiger partial charge < -0.3 is 10.2 Å². The lowest BCUT2D eigenvalue weighted by molar-refractivity contribution is 0.302. The number of hydrazone groups is 1. The minimum absolute atomic E-state index is 0.000844. The summed E-state index contributed by atoms with van der Waals surface area (Å²) in [6.45, 7) is 0. The average Bonchev–Trinajstić information content (AvgIpc) is 2.90. The normalized spacial score (nSPS) is 14.1. The van der Waals surface area contributed by atoms with E-state index < -0.39 is 0 Å². The van der Waals surface area contributed by atoms with Gasteiger partial charge in [-0.15, -0.1) is 0 Å². The van der Waals surface area contributed by atoms with Crippen LogP contribution in [0.4, 0.5) is 0 Å². The molecule has 1 heterocycles. The lowest BCUT2D eigenvalue weighted by Crippen LogP contribution is -2.10. The van der Waals surface area contributed by atoms with E-state index in [0.29, 0.717) is 11.3 Å². The van der Waals surface area contributed by atoms with Gasteiger partial charge in [-0.3, -0.25) is 5.43 Å². The van der Waals surface area contributed by atoms with Gasteiger partial charge in [0, 0.05) is 11.6 Å². The molecule has 0 amide bonds. The fraction of sp³-hybridized carbons (Fsp3) is 0.154. The molecule has 20 heavy (non-hydrogen) atoms. The summed E-state index contributed by atoms with van der Waals surface area (Å²) in [6.07, 6.45) is 5.05. The van der Waals surface area contributed by atoms with E-state index >= 15 is 0 Å². The fourth-order valence-electron chi connectivity index (χ4n) is 1.94. The van der Waals surface area contributed by atoms with Crippen LogP contribution in [-0.2, 0) is 6.42 Å². The van der Waals surface area contributed by atoms with Crippen molar-refractivity contribution < 1.29 is 14.8 Å². The summed E-state index contributed by atoms with van der Waals surface area (Å²) in [5, 5.41) is 30.5. The molecule has 3 rings (SSSR count). The largest absolute Gasteiger partial charge is 0.508 e. The Morgan fingerprint density at radius 2 is 2.20 bits per heavy atom. The number of rotatable bonds is 3. The van der Waals surface area contributed by atoms with Crippen LogP contribution in [0, 0.1) is 0 Å². The molecule has 7 nitrogen and oxygen atoms in total. The van der Waals surface area contributed by atoms with Crippen molar-refractivity contribution in [1.82, 2.24) is 15.7 Å². The number of hydrogen-bond acceptors (Lipinski definition) is 7. The summed E-state index contributed by atoms with van der Waals surface area (Å²) >= 11 is 0. The number of phenolic OH excluding ortho intramolecular Hbond substituents is 2. The number of nitrogens with zero attached hydrogens (tertiary/aromatic N) is 3. The lowest BCUT2D eigenvalue weighted by Gasteiger charge is -2.08. The van der Waals surface area contributed by atoms with Crippen LogP contribution in [0.15, 0.2) is 34.0 Å². The number of aromatic nitrogens is 2. The van der Waals surface area contributed by atoms with Crippen LogP contribution >= 0.6 is 0 Å². The van der Waals surface area contributed by atoms with Gasteiger partial charge in [0.1, 0.15) is 17.2 Å². The van der Waals surface area contributed by atoms with E-state index in [2.05, 4.69) is 20.8 Å². The number of aryl methyl sites for hydroxylation is 1. The molecule has 0 atom stereocenters. The molecule has 102 valence electrons. The molecule has 0 bridgehead atoms. The molecule has 1 aliphatic carbocycles. The topological polar surface area (TPSA) is 104 Å². The van der Waals surface area contributed by atoms with E-state index in [1.807, 2.05) is 6.08 Å². The molecule has 0 aliphatic heterocycles. The highest BCUT2D eigenvalue weighted by atomic mass is 16.6. The Bertz CT molecular complexity index is 691. The maximum Gasteiger partial charge on any atom is 0.155 e. The Labute approximate surface area is 114 Å². The fourth-order valence-corrected chi connectivity index (χ4v) is 1.94. The Balaban J connectivity index is 1.74. The van der Waals surface area contributed by atoms with Crippen LogP contribution in [0.3, 0.4) is 0 Å². The highest BCUT2D eigenvalue weighted by Gasteiger charge is 2.17. The van der Waals surface area contributed by atoms with Gasteiger partial charge >= 0.3 is 0 Å². The van der Waals surface area contributed by atoms with Gasteiger partial charge in [-0.25, -0.2) is 4.63 Å². The van der Waals surface area contributed by atoms with Crippen LogP contribution in [0.5, 0.6) is 11.5 Å². The third kappa shape index (κ3) is 2.33. The van der Waals surface area contributed by atoms with Crippen LogP contribution in [0.25, 0.3) is 5.70 Å². The maximum atomic E-state index is 9.62. The Kier molecular flexibility index (Phi) is 3.08. The summed E-state index contributed by atoms with van der Waals surface area (Å²) in [5.41, 5.74) is 5.52. The molecule has 1 aromatic carbocycles. The zero-order valence-electron chi connectivity index (χ0n) is 10.4. The van der Waals surface area contributed by atoms with Gasteiger partial charge in [-0.05, 0) is 30.1 Å². The summed E-state index contributed by atoms with van der Waals surface area (Å²) in [5.74, 6) is -0.0436. The first kappa shape index (κ1) is 12.2. The molecule has 7 heteroatoms. The molecule has 0 fully saturated rings. The van der Waals surface area contributed by atoms with E-state index in [-0.39, 0.29) is 11.5 Å². The summed E-state index contributed by atoms with van der Waals surface area (Å²) in [6, 6.07) is 4.29. The highest BCUT2D eigenvalue weighted by Crippen LogP contribution is 2.22. The molecule has 3 N–H and O–H groups in total. The molecule has 1 aliphatic rings. The van der Waals surface area contributed by atoms with Crippen molar-refractivity contribution in [3.05, 3.63) is 41.2 Å². The molecule has 0 saturated carbocycles. The Morgan fingerprint density at radius 1 is 1.30 bits per heavy atom. The number of nitrogens with one attached hydrogen (secondary N) is 1. The second kappa shape index (κ2) is 5.04. The lowest BCUT2D eigenvalue weighted by atomic mass is 10.1. The van der Waals surface area contributed by atoms with E-state index in [1.165, 1.54) is 18.3 Å². The van der Waals surface area contributed by atoms with Crippen molar-refractivity contribution in [1.29, 1.82) is 0 Å². The molecule has 0 radical (unpaired) electrons. The van der Waals surface area contributed by atoms with Gasteiger partial charge in [0.05, 0.1) is 11.9 Å². The Morgan fingerprint density at radius 3 is 3.05 bits per heavy atom. The highest BCUT2D eigenvalue weighted by molar-refractivity contribution is 5.84. The second-order valence-electron chi connectivity index (χ2n) is 4.33. The van der Waals surface area contributed by atoms with Gasteiger partial charge in [-0.2, -0.15) is 5.10 Å². The van der Waals surface area contributed by atoms with Crippen LogP contribution in [-0.4, -0.2) is 26.7 Å². The average molecular weight is 272 g/mol. The van der Waals surface area contributed by atoms with E-state index in [4.69, 9.17) is 4.63 Å². The van der Waals surface area contributed by atoms with E-state index in [1.54, 1.807) is 6.07 Å². The molecule has 2 aromatic rings. The van der Waals surface area contributed by atoms with Crippen molar-refractivity contribution in [3.63, 3.8) is 0 Å². The van der Waals surface area contributed by atoms with Crippen molar-refractivity contribution >= 4 is 11.9 Å². The smallest absolute Gasteiger partial charge is 0.155 e. The molecular weight excluding hydrogens is 260 g/mol. The van der Waals surface area contributed by atoms with Crippen molar-refractivity contribution in [3.8, 4) is 11.5 Å². The van der Waals surface area contributed by atoms with Gasteiger partial charge in [0.25, 0.3) is 0 Å². The SMILES string of the molecule is Oc1ccc(/C=N/NC2=CCCc3nonc32)c(O)c1. The molecule has 0 unspecified atom stereocenters. The second-order valence-corrected chi connectivity index (χ2v) is 4.33. The van der Waals surface area contributed by atoms with Crippen LogP contribution in [0.1, 0.15) is 23.4 Å². The number of aromatic hydroxyl groups is 2. The van der Waals surface area contributed by atoms with Gasteiger partial charge in [-0.1, -0.05) is 11.2 Å². The number of allylic oxidation sites excluding steroid dienone is 1. The van der Waals surface area contributed by atoms with Crippen molar-refractivity contribution in [2.45, 2.75) is 12.8 Å². The van der Waals surface area contributed by atoms with Crippen LogP contribution < -0.4 is 5.43 Å². The summed E-state index contributed by atoms with van der Waals surface area (Å²) in [4.78, 5) is 0. The predicted molar refractivity (Wildman–Crippen MR) is 71.1 cm³/mol. The van der Waals surface area contributed by atoms with E-state index in [9.17, 15) is 10.2 Å². The van der Waals surface area contributed by atoms with Gasteiger partial charge in [0.2, 0.25) is 0 Å². The van der Waals surface area contributed by atoms with E-state index in [0.717, 1.165) is 24.2 Å². The molecule has 1 aromatic heterocycles. The summed E-state index contributed by atoms with van der Waals surface area (Å²) in [7, 11) is 0. The predicted octanol–water partition coefficient (Wildman–Crippen LogP) is 1.39. The number of fused-ring (bicyclic) bond motifs is 1. The monoisotopic (exact) mass is 272 g/mol. The number of hydrogen-bond donors (Lipinski definition) is 3. The first-order chi connectivity index (χ1) is 9.74. The van der Waals surface area contributed by atoms with Crippen LogP contribution in [0.2, 0.25) is 0 Å². The summed E-state index contributed by atoms with van der Waals surface area (Å²) < 4.78 is 4.69. The minimum atomic E-state index is -0.0445. The minimum Gasteiger partial charge on any atom is -0.508 e. The first-order valence-corrected chi connectivity index (χ1v) is 6.07. The Hall–Kier alpha value is -2.83. The third-order valence-electron chi connectivity index (χ3n) is 2.94. The quantitative estimate of drug-likeness (QED) is 0.576. The number of benzene rings is 1. The maximum absolute atomic E-state index is 9.62. The molecular formula is C13H12N4O3. The zero-order valence-corrected chi connectivity index (χ0v) is 10.4. The molecule has 0 spiro atoms. The number of phenols is 2. The standard InChI is InChI=1S/C13H12N4O3/c18-9-5-4-8(12(19)6-9)7-14-15-10-2-1-3-11-13(10)17-20-16-11/h2,4-7,15,18-19H,1,3H2/b14-7+.